The van der Waals surface area contributed by atoms with E-state index >= 15 is 0 Å². The van der Waals surface area contributed by atoms with Crippen LogP contribution in [-0.4, -0.2) is 13.2 Å². The summed E-state index contributed by atoms with van der Waals surface area (Å²) in [6.07, 6.45) is 2.50. The quantitative estimate of drug-likeness (QED) is 0.823. The Kier molecular flexibility index (Phi) is 2.80. The number of halogens is 1. The van der Waals surface area contributed by atoms with Crippen LogP contribution in [0.5, 0.6) is 5.75 Å². The summed E-state index contributed by atoms with van der Waals surface area (Å²) in [5.41, 5.74) is 0.536. The molecule has 1 aromatic carbocycles. The van der Waals surface area contributed by atoms with Crippen LogP contribution < -0.4 is 10.1 Å². The zero-order valence-electron chi connectivity index (χ0n) is 9.09. The summed E-state index contributed by atoms with van der Waals surface area (Å²) in [4.78, 5) is 0. The van der Waals surface area contributed by atoms with Crippen molar-refractivity contribution in [2.24, 2.45) is 5.92 Å². The minimum Gasteiger partial charge on any atom is -0.497 e. The second kappa shape index (κ2) is 4.09. The highest BCUT2D eigenvalue weighted by atomic mass is 19.1. The number of rotatable bonds is 4. The van der Waals surface area contributed by atoms with E-state index in [1.165, 1.54) is 18.9 Å². The Bertz CT molecular complexity index is 349. The molecule has 1 saturated carbocycles. The monoisotopic (exact) mass is 209 g/mol. The number of benzene rings is 1. The summed E-state index contributed by atoms with van der Waals surface area (Å²) in [6.45, 7) is 2.09. The van der Waals surface area contributed by atoms with E-state index in [0.717, 1.165) is 0 Å². The van der Waals surface area contributed by atoms with Crippen molar-refractivity contribution in [1.82, 2.24) is 0 Å². The number of anilines is 1. The molecule has 0 aliphatic heterocycles. The normalized spacial score (nSPS) is 17.3. The first kappa shape index (κ1) is 10.3. The Labute approximate surface area is 89.4 Å². The molecule has 1 aliphatic carbocycles. The molecular weight excluding hydrogens is 193 g/mol. The molecule has 82 valence electrons. The third-order valence-corrected chi connectivity index (χ3v) is 2.89. The first-order valence-electron chi connectivity index (χ1n) is 5.31. The van der Waals surface area contributed by atoms with Crippen molar-refractivity contribution in [1.29, 1.82) is 0 Å². The third kappa shape index (κ3) is 2.41. The van der Waals surface area contributed by atoms with Gasteiger partial charge in [0.25, 0.3) is 0 Å². The molecule has 1 aliphatic rings. The number of hydrogen-bond donors (Lipinski definition) is 1. The van der Waals surface area contributed by atoms with E-state index in [9.17, 15) is 4.39 Å². The highest BCUT2D eigenvalue weighted by Crippen LogP contribution is 2.34. The lowest BCUT2D eigenvalue weighted by atomic mass is 10.2. The van der Waals surface area contributed by atoms with Gasteiger partial charge in [-0.1, -0.05) is 0 Å². The molecule has 2 nitrogen and oxygen atoms in total. The number of methoxy groups -OCH3 is 1. The molecule has 0 amide bonds. The van der Waals surface area contributed by atoms with Crippen LogP contribution in [0.3, 0.4) is 0 Å². The van der Waals surface area contributed by atoms with Gasteiger partial charge in [0, 0.05) is 12.1 Å². The van der Waals surface area contributed by atoms with E-state index in [1.54, 1.807) is 19.2 Å². The Morgan fingerprint density at radius 2 is 2.20 bits per heavy atom. The second-order valence-corrected chi connectivity index (χ2v) is 4.12. The van der Waals surface area contributed by atoms with Gasteiger partial charge in [0.05, 0.1) is 12.8 Å². The lowest BCUT2D eigenvalue weighted by molar-refractivity contribution is 0.414. The molecule has 0 heterocycles. The van der Waals surface area contributed by atoms with Crippen molar-refractivity contribution < 1.29 is 9.13 Å². The smallest absolute Gasteiger partial charge is 0.146 e. The van der Waals surface area contributed by atoms with Gasteiger partial charge in [0.2, 0.25) is 0 Å². The van der Waals surface area contributed by atoms with Crippen LogP contribution in [0.25, 0.3) is 0 Å². The van der Waals surface area contributed by atoms with Crippen molar-refractivity contribution in [3.8, 4) is 5.75 Å². The van der Waals surface area contributed by atoms with E-state index < -0.39 is 0 Å². The predicted molar refractivity (Wildman–Crippen MR) is 58.8 cm³/mol. The molecule has 15 heavy (non-hydrogen) atoms. The molecule has 1 N–H and O–H groups in total. The van der Waals surface area contributed by atoms with Gasteiger partial charge in [-0.05, 0) is 37.8 Å². The molecule has 1 atom stereocenters. The molecule has 0 saturated heterocycles. The van der Waals surface area contributed by atoms with E-state index in [4.69, 9.17) is 4.74 Å². The number of ether oxygens (including phenoxy) is 1. The second-order valence-electron chi connectivity index (χ2n) is 4.12. The molecule has 2 rings (SSSR count). The van der Waals surface area contributed by atoms with Crippen LogP contribution in [-0.2, 0) is 0 Å². The maximum absolute atomic E-state index is 13.4. The number of nitrogens with one attached hydrogen (secondary N) is 1. The molecule has 0 spiro atoms. The zero-order valence-corrected chi connectivity index (χ0v) is 9.09. The fourth-order valence-electron chi connectivity index (χ4n) is 1.70. The van der Waals surface area contributed by atoms with Crippen molar-refractivity contribution in [2.75, 3.05) is 12.4 Å². The molecular formula is C12H16FNO. The van der Waals surface area contributed by atoms with E-state index in [-0.39, 0.29) is 5.82 Å². The van der Waals surface area contributed by atoms with Gasteiger partial charge in [-0.25, -0.2) is 4.39 Å². The summed E-state index contributed by atoms with van der Waals surface area (Å²) >= 11 is 0. The van der Waals surface area contributed by atoms with Gasteiger partial charge in [-0.3, -0.25) is 0 Å². The van der Waals surface area contributed by atoms with Gasteiger partial charge >= 0.3 is 0 Å². The van der Waals surface area contributed by atoms with Gasteiger partial charge in [-0.2, -0.15) is 0 Å². The molecule has 3 heteroatoms. The van der Waals surface area contributed by atoms with Gasteiger partial charge < -0.3 is 10.1 Å². The summed E-state index contributed by atoms with van der Waals surface area (Å²) in [5, 5.41) is 3.19. The minimum atomic E-state index is -0.219. The molecule has 1 fully saturated rings. The topological polar surface area (TPSA) is 21.3 Å². The average molecular weight is 209 g/mol. The van der Waals surface area contributed by atoms with Crippen molar-refractivity contribution in [3.63, 3.8) is 0 Å². The predicted octanol–water partition coefficient (Wildman–Crippen LogP) is 3.04. The summed E-state index contributed by atoms with van der Waals surface area (Å²) in [7, 11) is 1.58. The lowest BCUT2D eigenvalue weighted by Gasteiger charge is -2.15. The van der Waals surface area contributed by atoms with E-state index in [0.29, 0.717) is 23.4 Å². The Morgan fingerprint density at radius 1 is 1.47 bits per heavy atom. The van der Waals surface area contributed by atoms with Crippen LogP contribution in [0, 0.1) is 11.7 Å². The van der Waals surface area contributed by atoms with Crippen LogP contribution in [0.15, 0.2) is 18.2 Å². The lowest BCUT2D eigenvalue weighted by Crippen LogP contribution is -2.18. The summed E-state index contributed by atoms with van der Waals surface area (Å²) < 4.78 is 18.5. The first-order chi connectivity index (χ1) is 7.20. The van der Waals surface area contributed by atoms with Crippen molar-refractivity contribution in [3.05, 3.63) is 24.0 Å². The van der Waals surface area contributed by atoms with Crippen molar-refractivity contribution >= 4 is 5.69 Å². The third-order valence-electron chi connectivity index (χ3n) is 2.89. The van der Waals surface area contributed by atoms with Crippen LogP contribution in [0.4, 0.5) is 10.1 Å². The molecule has 1 aromatic rings. The molecule has 1 unspecified atom stereocenters. The van der Waals surface area contributed by atoms with Crippen molar-refractivity contribution in [2.45, 2.75) is 25.8 Å². The Morgan fingerprint density at radius 3 is 2.80 bits per heavy atom. The molecule has 0 radical (unpaired) electrons. The zero-order chi connectivity index (χ0) is 10.8. The highest BCUT2D eigenvalue weighted by Gasteiger charge is 2.28. The maximum Gasteiger partial charge on any atom is 0.146 e. The van der Waals surface area contributed by atoms with Gasteiger partial charge in [-0.15, -0.1) is 0 Å². The fourth-order valence-corrected chi connectivity index (χ4v) is 1.70. The van der Waals surface area contributed by atoms with Gasteiger partial charge in [0.1, 0.15) is 11.6 Å². The summed E-state index contributed by atoms with van der Waals surface area (Å²) in [6, 6.07) is 5.10. The van der Waals surface area contributed by atoms with Crippen LogP contribution in [0.2, 0.25) is 0 Å². The Balaban J connectivity index is 2.11. The van der Waals surface area contributed by atoms with E-state index in [1.807, 2.05) is 0 Å². The standard InChI is InChI=1S/C12H16FNO/c1-8(9-3-4-9)14-12-7-10(15-2)5-6-11(12)13/h5-9,14H,3-4H2,1-2H3. The largest absolute Gasteiger partial charge is 0.497 e. The highest BCUT2D eigenvalue weighted by molar-refractivity contribution is 5.50. The number of hydrogen-bond acceptors (Lipinski definition) is 2. The average Bonchev–Trinajstić information content (AvgIpc) is 3.04. The van der Waals surface area contributed by atoms with Crippen LogP contribution >= 0.6 is 0 Å². The SMILES string of the molecule is COc1ccc(F)c(NC(C)C2CC2)c1. The summed E-state index contributed by atoms with van der Waals surface area (Å²) in [5.74, 6) is 1.17. The van der Waals surface area contributed by atoms with Gasteiger partial charge in [0.15, 0.2) is 0 Å². The van der Waals surface area contributed by atoms with Crippen LogP contribution in [0.1, 0.15) is 19.8 Å². The molecule has 0 bridgehead atoms. The maximum atomic E-state index is 13.4. The fraction of sp³-hybridized carbons (Fsp3) is 0.500. The minimum absolute atomic E-state index is 0.219. The Hall–Kier alpha value is -1.25. The molecule has 0 aromatic heterocycles. The first-order valence-corrected chi connectivity index (χ1v) is 5.31. The van der Waals surface area contributed by atoms with E-state index in [2.05, 4.69) is 12.2 Å².